The first kappa shape index (κ1) is 24.5. The fraction of sp³-hybridized carbons (Fsp3) is 0.391. The molecule has 2 aliphatic rings. The Kier molecular flexibility index (Phi) is 6.21. The fourth-order valence-electron chi connectivity index (χ4n) is 4.65. The number of halogens is 1. The van der Waals surface area contributed by atoms with Crippen molar-refractivity contribution >= 4 is 40.8 Å². The van der Waals surface area contributed by atoms with E-state index in [0.717, 1.165) is 17.7 Å². The molecule has 1 aromatic carbocycles. The molecule has 2 atom stereocenters. The molecule has 2 aromatic heterocycles. The van der Waals surface area contributed by atoms with Gasteiger partial charge in [0, 0.05) is 25.2 Å². The summed E-state index contributed by atoms with van der Waals surface area (Å²) in [5.41, 5.74) is -0.0757. The Morgan fingerprint density at radius 2 is 2.14 bits per heavy atom. The van der Waals surface area contributed by atoms with Gasteiger partial charge in [-0.15, -0.1) is 5.10 Å². The van der Waals surface area contributed by atoms with Crippen LogP contribution in [0.25, 0.3) is 5.65 Å². The van der Waals surface area contributed by atoms with Gasteiger partial charge in [-0.25, -0.2) is 9.78 Å². The number of aliphatic hydroxyl groups is 1. The molecule has 1 amide bonds. The molecule has 1 aliphatic heterocycles. The lowest BCUT2D eigenvalue weighted by atomic mass is 9.77. The van der Waals surface area contributed by atoms with Crippen LogP contribution in [-0.4, -0.2) is 73.1 Å². The smallest absolute Gasteiger partial charge is 0.407 e. The van der Waals surface area contributed by atoms with Gasteiger partial charge in [-0.3, -0.25) is 4.90 Å². The molecule has 0 radical (unpaired) electrons. The summed E-state index contributed by atoms with van der Waals surface area (Å²) in [4.78, 5) is 21.9. The van der Waals surface area contributed by atoms with E-state index in [0.29, 0.717) is 18.0 Å². The second-order valence-electron chi connectivity index (χ2n) is 9.05. The SMILES string of the molecule is CN(C(=O)O)[C@@]1(c2cc(C#N)cc(Nc3nc(NC4CC4)c4ncc(C#N)n4n3)c2Cl)CCNC[C@H]1O. The third-order valence-corrected chi connectivity index (χ3v) is 7.17. The number of imidazole rings is 1. The minimum absolute atomic E-state index is 0.0830. The predicted molar refractivity (Wildman–Crippen MR) is 133 cm³/mol. The molecule has 37 heavy (non-hydrogen) atoms. The molecule has 0 spiro atoms. The standard InChI is InChI=1S/C23H23ClN10O3/c1-33(22(36)37)23(4-5-27-11-17(23)35)15-6-12(8-25)7-16(18(15)24)30-21-31-19(29-13-2-3-13)20-28-10-14(9-26)34(20)32-21/h6-7,10,13,17,27,35H,2-5,11H2,1H3,(H,36,37)(H2,29,30,31,32)/t17-,23-/m1/s1. The molecule has 5 N–H and O–H groups in total. The number of piperidine rings is 1. The Hall–Kier alpha value is -4.17. The number of rotatable bonds is 6. The van der Waals surface area contributed by atoms with Gasteiger partial charge in [0.2, 0.25) is 5.95 Å². The molecule has 1 saturated heterocycles. The summed E-state index contributed by atoms with van der Waals surface area (Å²) >= 11 is 6.85. The Morgan fingerprint density at radius 1 is 1.35 bits per heavy atom. The maximum absolute atomic E-state index is 12.1. The lowest BCUT2D eigenvalue weighted by Gasteiger charge is -2.47. The molecule has 5 rings (SSSR count). The Bertz CT molecular complexity index is 1470. The summed E-state index contributed by atoms with van der Waals surface area (Å²) < 4.78 is 1.36. The van der Waals surface area contributed by atoms with Gasteiger partial charge in [0.25, 0.3) is 0 Å². The van der Waals surface area contributed by atoms with Crippen LogP contribution in [0.5, 0.6) is 0 Å². The average molecular weight is 523 g/mol. The van der Waals surface area contributed by atoms with E-state index in [1.807, 2.05) is 6.07 Å². The van der Waals surface area contributed by atoms with Gasteiger partial charge < -0.3 is 26.2 Å². The van der Waals surface area contributed by atoms with Gasteiger partial charge in [0.15, 0.2) is 17.2 Å². The molecule has 2 fully saturated rings. The average Bonchev–Trinajstić information content (AvgIpc) is 3.61. The summed E-state index contributed by atoms with van der Waals surface area (Å²) in [7, 11) is 1.37. The fourth-order valence-corrected chi connectivity index (χ4v) is 4.97. The van der Waals surface area contributed by atoms with E-state index in [2.05, 4.69) is 37.1 Å². The third-order valence-electron chi connectivity index (χ3n) is 6.77. The lowest BCUT2D eigenvalue weighted by molar-refractivity contribution is -0.0340. The van der Waals surface area contributed by atoms with Crippen LogP contribution in [0, 0.1) is 22.7 Å². The number of carboxylic acid groups (broad SMARTS) is 1. The van der Waals surface area contributed by atoms with E-state index in [1.165, 1.54) is 29.9 Å². The number of nitrogens with zero attached hydrogens (tertiary/aromatic N) is 7. The number of aromatic nitrogens is 4. The molecule has 1 saturated carbocycles. The summed E-state index contributed by atoms with van der Waals surface area (Å²) in [5, 5.41) is 54.0. The zero-order valence-electron chi connectivity index (χ0n) is 19.7. The molecule has 0 unspecified atom stereocenters. The molecule has 0 bridgehead atoms. The number of hydrogen-bond donors (Lipinski definition) is 5. The number of nitrogens with one attached hydrogen (secondary N) is 3. The largest absolute Gasteiger partial charge is 0.465 e. The van der Waals surface area contributed by atoms with Gasteiger partial charge in [0.05, 0.1) is 34.6 Å². The van der Waals surface area contributed by atoms with Crippen LogP contribution in [0.1, 0.15) is 36.1 Å². The van der Waals surface area contributed by atoms with Crippen LogP contribution in [0.4, 0.5) is 22.2 Å². The van der Waals surface area contributed by atoms with Crippen LogP contribution in [0.2, 0.25) is 5.02 Å². The monoisotopic (exact) mass is 522 g/mol. The van der Waals surface area contributed by atoms with Crippen molar-refractivity contribution in [3.8, 4) is 12.1 Å². The van der Waals surface area contributed by atoms with Crippen LogP contribution in [0.15, 0.2) is 18.3 Å². The molecule has 3 aromatic rings. The second kappa shape index (κ2) is 9.37. The summed E-state index contributed by atoms with van der Waals surface area (Å²) in [6.07, 6.45) is 1.22. The van der Waals surface area contributed by atoms with E-state index in [-0.39, 0.29) is 52.5 Å². The van der Waals surface area contributed by atoms with Crippen molar-refractivity contribution in [2.45, 2.75) is 36.9 Å². The van der Waals surface area contributed by atoms with E-state index in [1.54, 1.807) is 0 Å². The van der Waals surface area contributed by atoms with Gasteiger partial charge in [0.1, 0.15) is 11.6 Å². The van der Waals surface area contributed by atoms with Crippen molar-refractivity contribution in [3.63, 3.8) is 0 Å². The molecule has 1 aliphatic carbocycles. The number of hydrogen-bond acceptors (Lipinski definition) is 10. The van der Waals surface area contributed by atoms with Gasteiger partial charge in [-0.05, 0) is 37.9 Å². The Labute approximate surface area is 216 Å². The van der Waals surface area contributed by atoms with Crippen molar-refractivity contribution in [3.05, 3.63) is 40.2 Å². The first-order valence-corrected chi connectivity index (χ1v) is 12.0. The summed E-state index contributed by atoms with van der Waals surface area (Å²) in [6.45, 7) is 0.569. The van der Waals surface area contributed by atoms with Crippen LogP contribution in [0.3, 0.4) is 0 Å². The number of amides is 1. The van der Waals surface area contributed by atoms with E-state index in [9.17, 15) is 25.5 Å². The first-order valence-electron chi connectivity index (χ1n) is 11.6. The zero-order chi connectivity index (χ0) is 26.3. The van der Waals surface area contributed by atoms with E-state index < -0.39 is 17.7 Å². The summed E-state index contributed by atoms with van der Waals surface area (Å²) in [5.74, 6) is 0.518. The molecular formula is C23H23ClN10O3. The number of fused-ring (bicyclic) bond motifs is 1. The van der Waals surface area contributed by atoms with Crippen molar-refractivity contribution in [1.29, 1.82) is 10.5 Å². The van der Waals surface area contributed by atoms with Gasteiger partial charge in [-0.2, -0.15) is 20.0 Å². The van der Waals surface area contributed by atoms with Crippen LogP contribution < -0.4 is 16.0 Å². The normalized spacial score (nSPS) is 21.2. The zero-order valence-corrected chi connectivity index (χ0v) is 20.5. The van der Waals surface area contributed by atoms with Crippen molar-refractivity contribution < 1.29 is 15.0 Å². The second-order valence-corrected chi connectivity index (χ2v) is 9.43. The molecule has 3 heterocycles. The number of anilines is 3. The third kappa shape index (κ3) is 4.23. The number of carbonyl (C=O) groups is 1. The van der Waals surface area contributed by atoms with Crippen molar-refractivity contribution in [2.75, 3.05) is 30.8 Å². The number of β-amino-alcohol motifs (C(OH)–C–C–N with tert-alkyl or cyclic N) is 1. The number of benzene rings is 1. The minimum Gasteiger partial charge on any atom is -0.465 e. The highest BCUT2D eigenvalue weighted by Crippen LogP contribution is 2.44. The van der Waals surface area contributed by atoms with Gasteiger partial charge >= 0.3 is 6.09 Å². The quantitative estimate of drug-likeness (QED) is 0.318. The highest BCUT2D eigenvalue weighted by Gasteiger charge is 2.49. The molecule has 13 nitrogen and oxygen atoms in total. The lowest BCUT2D eigenvalue weighted by Crippen LogP contribution is -2.61. The highest BCUT2D eigenvalue weighted by atomic mass is 35.5. The Balaban J connectivity index is 1.64. The van der Waals surface area contributed by atoms with Crippen molar-refractivity contribution in [2.24, 2.45) is 0 Å². The summed E-state index contributed by atoms with van der Waals surface area (Å²) in [6, 6.07) is 7.36. The highest BCUT2D eigenvalue weighted by molar-refractivity contribution is 6.34. The van der Waals surface area contributed by atoms with E-state index in [4.69, 9.17) is 11.6 Å². The molecular weight excluding hydrogens is 500 g/mol. The Morgan fingerprint density at radius 3 is 2.78 bits per heavy atom. The number of likely N-dealkylation sites (N-methyl/N-ethyl adjacent to an activating group) is 1. The number of aliphatic hydroxyl groups excluding tert-OH is 1. The van der Waals surface area contributed by atoms with Crippen LogP contribution >= 0.6 is 11.6 Å². The molecule has 190 valence electrons. The first-order chi connectivity index (χ1) is 17.8. The maximum Gasteiger partial charge on any atom is 0.407 e. The van der Waals surface area contributed by atoms with Gasteiger partial charge in [-0.1, -0.05) is 11.6 Å². The topological polar surface area (TPSA) is 188 Å². The maximum atomic E-state index is 12.1. The minimum atomic E-state index is -1.40. The predicted octanol–water partition coefficient (Wildman–Crippen LogP) is 2.00. The molecule has 14 heteroatoms. The van der Waals surface area contributed by atoms with Crippen molar-refractivity contribution in [1.82, 2.24) is 29.8 Å². The van der Waals surface area contributed by atoms with Crippen LogP contribution in [-0.2, 0) is 5.54 Å². The number of nitriles is 2. The van der Waals surface area contributed by atoms with E-state index >= 15 is 0 Å².